The molecule has 23 heavy (non-hydrogen) atoms. The van der Waals surface area contributed by atoms with Gasteiger partial charge in [0.2, 0.25) is 0 Å². The number of aromatic nitrogens is 1. The lowest BCUT2D eigenvalue weighted by Crippen LogP contribution is -2.11. The van der Waals surface area contributed by atoms with E-state index in [1.54, 1.807) is 11.8 Å². The van der Waals surface area contributed by atoms with Gasteiger partial charge < -0.3 is 0 Å². The fourth-order valence-electron chi connectivity index (χ4n) is 2.30. The molecule has 0 aliphatic rings. The molecule has 0 saturated carbocycles. The number of carbonyl (C=O) groups excluding carboxylic acids is 1. The number of nitrogens with one attached hydrogen (secondary N) is 1. The smallest absolute Gasteiger partial charge is 0.257 e. The molecule has 0 aliphatic carbocycles. The van der Waals surface area contributed by atoms with Crippen LogP contribution in [0.4, 0.5) is 5.13 Å². The zero-order valence-electron chi connectivity index (χ0n) is 13.3. The summed E-state index contributed by atoms with van der Waals surface area (Å²) in [5.74, 6) is 0.873. The van der Waals surface area contributed by atoms with Crippen LogP contribution in [0.25, 0.3) is 10.2 Å². The minimum Gasteiger partial charge on any atom is -0.298 e. The summed E-state index contributed by atoms with van der Waals surface area (Å²) in [6.07, 6.45) is 0. The molecule has 0 saturated heterocycles. The number of nitrogens with zero attached hydrogens (tertiary/aromatic N) is 1. The molecule has 0 atom stereocenters. The van der Waals surface area contributed by atoms with Crippen LogP contribution in [0.5, 0.6) is 0 Å². The second-order valence-corrected chi connectivity index (χ2v) is 7.71. The predicted octanol–water partition coefficient (Wildman–Crippen LogP) is 5.28. The fourth-order valence-corrected chi connectivity index (χ4v) is 3.96. The second-order valence-electron chi connectivity index (χ2n) is 5.34. The van der Waals surface area contributed by atoms with Crippen molar-refractivity contribution in [1.29, 1.82) is 0 Å². The van der Waals surface area contributed by atoms with E-state index in [0.717, 1.165) is 20.9 Å². The highest BCUT2D eigenvalue weighted by molar-refractivity contribution is 7.99. The molecule has 0 unspecified atom stereocenters. The molecule has 3 rings (SSSR count). The van der Waals surface area contributed by atoms with Crippen molar-refractivity contribution in [3.63, 3.8) is 0 Å². The first-order valence-corrected chi connectivity index (χ1v) is 9.29. The topological polar surface area (TPSA) is 42.0 Å². The number of amides is 1. The average Bonchev–Trinajstić information content (AvgIpc) is 2.89. The predicted molar refractivity (Wildman–Crippen MR) is 99.9 cm³/mol. The van der Waals surface area contributed by atoms with E-state index >= 15 is 0 Å². The number of aryl methyl sites for hydroxylation is 2. The second kappa shape index (κ2) is 6.72. The van der Waals surface area contributed by atoms with Crippen molar-refractivity contribution in [3.8, 4) is 0 Å². The molecule has 0 fully saturated rings. The molecule has 0 aliphatic heterocycles. The third kappa shape index (κ3) is 3.57. The Morgan fingerprint density at radius 2 is 2.00 bits per heavy atom. The van der Waals surface area contributed by atoms with Gasteiger partial charge in [-0.1, -0.05) is 24.3 Å². The summed E-state index contributed by atoms with van der Waals surface area (Å²) in [4.78, 5) is 18.1. The number of thioether (sulfide) groups is 1. The van der Waals surface area contributed by atoms with Crippen LogP contribution in [0.2, 0.25) is 0 Å². The number of hydrogen-bond donors (Lipinski definition) is 1. The van der Waals surface area contributed by atoms with Crippen molar-refractivity contribution in [1.82, 2.24) is 4.98 Å². The van der Waals surface area contributed by atoms with E-state index in [2.05, 4.69) is 43.2 Å². The van der Waals surface area contributed by atoms with E-state index in [9.17, 15) is 4.79 Å². The van der Waals surface area contributed by atoms with Gasteiger partial charge in [0.1, 0.15) is 0 Å². The van der Waals surface area contributed by atoms with Crippen LogP contribution in [-0.2, 0) is 0 Å². The summed E-state index contributed by atoms with van der Waals surface area (Å²) in [5.41, 5.74) is 4.05. The maximum absolute atomic E-state index is 12.4. The van der Waals surface area contributed by atoms with E-state index in [1.165, 1.54) is 22.5 Å². The highest BCUT2D eigenvalue weighted by Gasteiger charge is 2.11. The summed E-state index contributed by atoms with van der Waals surface area (Å²) in [6.45, 7) is 6.26. The Hall–Kier alpha value is -1.85. The SMILES string of the molecule is CCSc1cccc(C(=O)Nc2nc3cc(C)c(C)cc3s2)c1. The highest BCUT2D eigenvalue weighted by atomic mass is 32.2. The largest absolute Gasteiger partial charge is 0.298 e. The Labute approximate surface area is 144 Å². The summed E-state index contributed by atoms with van der Waals surface area (Å²) in [6, 6.07) is 11.9. The number of rotatable bonds is 4. The van der Waals surface area contributed by atoms with Crippen LogP contribution in [0.3, 0.4) is 0 Å². The molecular formula is C18H18N2OS2. The number of carbonyl (C=O) groups is 1. The zero-order valence-corrected chi connectivity index (χ0v) is 15.0. The number of fused-ring (bicyclic) bond motifs is 1. The summed E-state index contributed by atoms with van der Waals surface area (Å²) < 4.78 is 1.10. The van der Waals surface area contributed by atoms with Gasteiger partial charge in [-0.05, 0) is 61.1 Å². The number of anilines is 1. The zero-order chi connectivity index (χ0) is 16.4. The maximum atomic E-state index is 12.4. The van der Waals surface area contributed by atoms with Crippen molar-refractivity contribution in [2.45, 2.75) is 25.7 Å². The monoisotopic (exact) mass is 342 g/mol. The van der Waals surface area contributed by atoms with E-state index in [4.69, 9.17) is 0 Å². The lowest BCUT2D eigenvalue weighted by molar-refractivity contribution is 0.102. The lowest BCUT2D eigenvalue weighted by atomic mass is 10.1. The van der Waals surface area contributed by atoms with Gasteiger partial charge >= 0.3 is 0 Å². The van der Waals surface area contributed by atoms with Crippen molar-refractivity contribution >= 4 is 44.4 Å². The summed E-state index contributed by atoms with van der Waals surface area (Å²) in [5, 5.41) is 3.56. The summed E-state index contributed by atoms with van der Waals surface area (Å²) in [7, 11) is 0. The van der Waals surface area contributed by atoms with E-state index in [0.29, 0.717) is 10.7 Å². The van der Waals surface area contributed by atoms with E-state index in [1.807, 2.05) is 24.3 Å². The van der Waals surface area contributed by atoms with Gasteiger partial charge in [-0.2, -0.15) is 0 Å². The molecule has 3 aromatic rings. The molecule has 0 radical (unpaired) electrons. The van der Waals surface area contributed by atoms with Crippen molar-refractivity contribution in [2.24, 2.45) is 0 Å². The minimum absolute atomic E-state index is 0.115. The lowest BCUT2D eigenvalue weighted by Gasteiger charge is -2.04. The van der Waals surface area contributed by atoms with E-state index < -0.39 is 0 Å². The standard InChI is InChI=1S/C18H18N2OS2/c1-4-22-14-7-5-6-13(10-14)17(21)20-18-19-15-8-11(2)12(3)9-16(15)23-18/h5-10H,4H2,1-3H3,(H,19,20,21). The van der Waals surface area contributed by atoms with Crippen molar-refractivity contribution < 1.29 is 4.79 Å². The van der Waals surface area contributed by atoms with Crippen LogP contribution in [0.1, 0.15) is 28.4 Å². The van der Waals surface area contributed by atoms with Crippen molar-refractivity contribution in [3.05, 3.63) is 53.1 Å². The van der Waals surface area contributed by atoms with Gasteiger partial charge in [-0.15, -0.1) is 11.8 Å². The molecule has 1 heterocycles. The number of benzene rings is 2. The van der Waals surface area contributed by atoms with Gasteiger partial charge in [-0.3, -0.25) is 10.1 Å². The minimum atomic E-state index is -0.115. The molecular weight excluding hydrogens is 324 g/mol. The van der Waals surface area contributed by atoms with E-state index in [-0.39, 0.29) is 5.91 Å². The molecule has 1 aromatic heterocycles. The van der Waals surface area contributed by atoms with Crippen LogP contribution in [0, 0.1) is 13.8 Å². The van der Waals surface area contributed by atoms with Crippen LogP contribution in [-0.4, -0.2) is 16.6 Å². The maximum Gasteiger partial charge on any atom is 0.257 e. The highest BCUT2D eigenvalue weighted by Crippen LogP contribution is 2.29. The Bertz CT molecular complexity index is 832. The molecule has 0 spiro atoms. The molecule has 2 aromatic carbocycles. The molecule has 1 N–H and O–H groups in total. The van der Waals surface area contributed by atoms with Crippen molar-refractivity contribution in [2.75, 3.05) is 11.1 Å². The first-order valence-electron chi connectivity index (χ1n) is 7.49. The molecule has 5 heteroatoms. The van der Waals surface area contributed by atoms with Crippen LogP contribution in [0.15, 0.2) is 41.3 Å². The Morgan fingerprint density at radius 1 is 1.22 bits per heavy atom. The first-order chi connectivity index (χ1) is 11.1. The normalized spacial score (nSPS) is 10.9. The molecule has 0 bridgehead atoms. The first kappa shape index (κ1) is 16.0. The Morgan fingerprint density at radius 3 is 2.78 bits per heavy atom. The Kier molecular flexibility index (Phi) is 4.68. The van der Waals surface area contributed by atoms with Gasteiger partial charge in [0.05, 0.1) is 10.2 Å². The summed E-state index contributed by atoms with van der Waals surface area (Å²) >= 11 is 3.24. The van der Waals surface area contributed by atoms with Crippen LogP contribution < -0.4 is 5.32 Å². The third-order valence-corrected chi connectivity index (χ3v) is 5.44. The number of hydrogen-bond acceptors (Lipinski definition) is 4. The average molecular weight is 342 g/mol. The fraction of sp³-hybridized carbons (Fsp3) is 0.222. The van der Waals surface area contributed by atoms with Gasteiger partial charge in [-0.25, -0.2) is 4.98 Å². The Balaban J connectivity index is 1.83. The molecule has 1 amide bonds. The van der Waals surface area contributed by atoms with Gasteiger partial charge in [0.15, 0.2) is 5.13 Å². The van der Waals surface area contributed by atoms with Crippen LogP contribution >= 0.6 is 23.1 Å². The quantitative estimate of drug-likeness (QED) is 0.656. The van der Waals surface area contributed by atoms with Gasteiger partial charge in [0, 0.05) is 10.5 Å². The third-order valence-electron chi connectivity index (χ3n) is 3.63. The number of thiazole rings is 1. The molecule has 3 nitrogen and oxygen atoms in total. The molecule has 118 valence electrons. The van der Waals surface area contributed by atoms with Gasteiger partial charge in [0.25, 0.3) is 5.91 Å².